The SMILES string of the molecule is CCCCCCCCCCCCCCCC/C=C\CCCCCCCCCCCCCCCCCCC(O)C(=O)NC(COC1OC(CO)C(O)C(O)C1O)C(O)C(O)CCCCCCCCCCCCCCCCCCCCCCCCC. The first kappa shape index (κ1) is 80.9. The normalized spacial score (nSPS) is 18.9. The van der Waals surface area contributed by atoms with Crippen molar-refractivity contribution in [1.29, 1.82) is 0 Å². The van der Waals surface area contributed by atoms with E-state index in [-0.39, 0.29) is 6.42 Å². The lowest BCUT2D eigenvalue weighted by molar-refractivity contribution is -0.303. The molecule has 0 aromatic rings. The van der Waals surface area contributed by atoms with Crippen LogP contribution in [0, 0.1) is 0 Å². The number of carbonyl (C=O) groups excluding carboxylic acids is 1. The highest BCUT2D eigenvalue weighted by Gasteiger charge is 2.44. The minimum absolute atomic E-state index is 0.265. The number of hydrogen-bond acceptors (Lipinski definition) is 10. The lowest BCUT2D eigenvalue weighted by Gasteiger charge is -2.40. The van der Waals surface area contributed by atoms with Gasteiger partial charge in [-0.3, -0.25) is 4.79 Å². The van der Waals surface area contributed by atoms with Crippen LogP contribution < -0.4 is 5.32 Å². The molecule has 1 rings (SSSR count). The van der Waals surface area contributed by atoms with Crippen LogP contribution >= 0.6 is 0 Å². The summed E-state index contributed by atoms with van der Waals surface area (Å²) in [5.41, 5.74) is 0. The molecule has 0 aliphatic carbocycles. The molecule has 9 atom stereocenters. The number of allylic oxidation sites excluding steroid dienone is 2. The number of unbranched alkanes of at least 4 members (excludes halogenated alkanes) is 52. The lowest BCUT2D eigenvalue weighted by Crippen LogP contribution is -2.60. The fourth-order valence-corrected chi connectivity index (χ4v) is 12.4. The molecular formula is C73H143NO10. The zero-order chi connectivity index (χ0) is 61.0. The first-order valence-corrected chi connectivity index (χ1v) is 37.1. The minimum atomic E-state index is -1.66. The van der Waals surface area contributed by atoms with Crippen molar-refractivity contribution in [2.24, 2.45) is 0 Å². The van der Waals surface area contributed by atoms with Gasteiger partial charge in [-0.1, -0.05) is 353 Å². The summed E-state index contributed by atoms with van der Waals surface area (Å²) >= 11 is 0. The molecule has 84 heavy (non-hydrogen) atoms. The third kappa shape index (κ3) is 48.7. The van der Waals surface area contributed by atoms with Crippen molar-refractivity contribution in [2.45, 2.75) is 435 Å². The maximum Gasteiger partial charge on any atom is 0.249 e. The van der Waals surface area contributed by atoms with Crippen LogP contribution in [-0.4, -0.2) is 110 Å². The minimum Gasteiger partial charge on any atom is -0.394 e. The Labute approximate surface area is 519 Å². The van der Waals surface area contributed by atoms with Crippen molar-refractivity contribution in [3.05, 3.63) is 12.2 Å². The number of hydrogen-bond donors (Lipinski definition) is 8. The molecule has 1 fully saturated rings. The molecule has 0 bridgehead atoms. The molecule has 1 aliphatic heterocycles. The highest BCUT2D eigenvalue weighted by Crippen LogP contribution is 2.24. The second kappa shape index (κ2) is 62.1. The second-order valence-electron chi connectivity index (χ2n) is 26.4. The fraction of sp³-hybridized carbons (Fsp3) is 0.959. The van der Waals surface area contributed by atoms with E-state index in [1.54, 1.807) is 0 Å². The van der Waals surface area contributed by atoms with Gasteiger partial charge in [-0.25, -0.2) is 0 Å². The van der Waals surface area contributed by atoms with Gasteiger partial charge in [-0.05, 0) is 38.5 Å². The summed E-state index contributed by atoms with van der Waals surface area (Å²) in [6.45, 7) is 3.53. The summed E-state index contributed by atoms with van der Waals surface area (Å²) in [6, 6.07) is -1.17. The second-order valence-corrected chi connectivity index (χ2v) is 26.4. The Kier molecular flexibility index (Phi) is 59.7. The van der Waals surface area contributed by atoms with Crippen LogP contribution in [0.2, 0.25) is 0 Å². The molecule has 11 nitrogen and oxygen atoms in total. The van der Waals surface area contributed by atoms with E-state index >= 15 is 0 Å². The van der Waals surface area contributed by atoms with Gasteiger partial charge in [0, 0.05) is 0 Å². The fourth-order valence-electron chi connectivity index (χ4n) is 12.4. The summed E-state index contributed by atoms with van der Waals surface area (Å²) in [5.74, 6) is -0.688. The first-order chi connectivity index (χ1) is 41.2. The molecule has 0 radical (unpaired) electrons. The van der Waals surface area contributed by atoms with Crippen molar-refractivity contribution in [3.8, 4) is 0 Å². The van der Waals surface area contributed by atoms with Crippen LogP contribution in [0.15, 0.2) is 12.2 Å². The third-order valence-corrected chi connectivity index (χ3v) is 18.3. The van der Waals surface area contributed by atoms with Crippen molar-refractivity contribution in [2.75, 3.05) is 13.2 Å². The Bertz CT molecular complexity index is 1370. The highest BCUT2D eigenvalue weighted by atomic mass is 16.7. The van der Waals surface area contributed by atoms with Crippen LogP contribution in [0.4, 0.5) is 0 Å². The standard InChI is InChI=1S/C73H143NO10/c1-3-5-7-9-11-13-15-17-19-21-23-25-27-28-29-30-31-32-33-34-35-36-37-39-41-43-45-47-49-51-53-55-57-59-61-66(77)72(82)74-64(63-83-73-71(81)70(80)69(79)67(62-75)84-73)68(78)65(76)60-58-56-54-52-50-48-46-44-42-40-38-26-24-22-20-18-16-14-12-10-8-6-4-2/h30-31,64-71,73,75-81H,3-29,32-63H2,1-2H3,(H,74,82)/b31-30-. The summed E-state index contributed by atoms with van der Waals surface area (Å²) in [5, 5.41) is 76.6. The topological polar surface area (TPSA) is 189 Å². The van der Waals surface area contributed by atoms with E-state index in [1.807, 2.05) is 0 Å². The molecule has 1 amide bonds. The molecule has 0 aromatic heterocycles. The Morgan fingerprint density at radius 3 is 1.00 bits per heavy atom. The van der Waals surface area contributed by atoms with Crippen molar-refractivity contribution in [3.63, 3.8) is 0 Å². The van der Waals surface area contributed by atoms with Crippen LogP contribution in [0.5, 0.6) is 0 Å². The van der Waals surface area contributed by atoms with E-state index in [2.05, 4.69) is 31.3 Å². The van der Waals surface area contributed by atoms with Gasteiger partial charge in [0.25, 0.3) is 0 Å². The third-order valence-electron chi connectivity index (χ3n) is 18.3. The van der Waals surface area contributed by atoms with Gasteiger partial charge in [0.05, 0.1) is 25.4 Å². The van der Waals surface area contributed by atoms with E-state index in [4.69, 9.17) is 9.47 Å². The average Bonchev–Trinajstić information content (AvgIpc) is 3.66. The lowest BCUT2D eigenvalue weighted by atomic mass is 9.98. The number of aliphatic hydroxyl groups is 7. The molecule has 8 N–H and O–H groups in total. The maximum atomic E-state index is 13.3. The molecule has 500 valence electrons. The monoisotopic (exact) mass is 1190 g/mol. The molecule has 9 unspecified atom stereocenters. The Morgan fingerprint density at radius 2 is 0.690 bits per heavy atom. The van der Waals surface area contributed by atoms with E-state index in [0.29, 0.717) is 19.3 Å². The van der Waals surface area contributed by atoms with Gasteiger partial charge in [0.2, 0.25) is 5.91 Å². The van der Waals surface area contributed by atoms with Gasteiger partial charge >= 0.3 is 0 Å². The number of nitrogens with one attached hydrogen (secondary N) is 1. The Balaban J connectivity index is 2.15. The van der Waals surface area contributed by atoms with Crippen LogP contribution in [0.25, 0.3) is 0 Å². The summed E-state index contributed by atoms with van der Waals surface area (Å²) in [4.78, 5) is 13.3. The molecule has 11 heteroatoms. The van der Waals surface area contributed by atoms with E-state index < -0.39 is 74.2 Å². The van der Waals surface area contributed by atoms with Gasteiger partial charge in [0.15, 0.2) is 6.29 Å². The molecule has 1 heterocycles. The van der Waals surface area contributed by atoms with Crippen LogP contribution in [-0.2, 0) is 14.3 Å². The summed E-state index contributed by atoms with van der Waals surface area (Å²) in [7, 11) is 0. The van der Waals surface area contributed by atoms with Gasteiger partial charge in [-0.2, -0.15) is 0 Å². The molecular weight excluding hydrogens is 1050 g/mol. The van der Waals surface area contributed by atoms with Gasteiger partial charge in [-0.15, -0.1) is 0 Å². The maximum absolute atomic E-state index is 13.3. The summed E-state index contributed by atoms with van der Waals surface area (Å²) < 4.78 is 11.2. The van der Waals surface area contributed by atoms with Crippen molar-refractivity contribution >= 4 is 5.91 Å². The number of carbonyl (C=O) groups is 1. The molecule has 1 aliphatic rings. The highest BCUT2D eigenvalue weighted by molar-refractivity contribution is 5.80. The predicted octanol–water partition coefficient (Wildman–Crippen LogP) is 18.2. The largest absolute Gasteiger partial charge is 0.394 e. The number of rotatable bonds is 66. The zero-order valence-corrected chi connectivity index (χ0v) is 55.4. The number of amides is 1. The molecule has 0 saturated carbocycles. The Hall–Kier alpha value is -1.15. The molecule has 1 saturated heterocycles. The molecule has 0 aromatic carbocycles. The number of ether oxygens (including phenoxy) is 2. The quantitative estimate of drug-likeness (QED) is 0.0215. The van der Waals surface area contributed by atoms with Gasteiger partial charge in [0.1, 0.15) is 36.6 Å². The Morgan fingerprint density at radius 1 is 0.405 bits per heavy atom. The average molecular weight is 1190 g/mol. The van der Waals surface area contributed by atoms with Crippen LogP contribution in [0.1, 0.15) is 380 Å². The smallest absolute Gasteiger partial charge is 0.249 e. The zero-order valence-electron chi connectivity index (χ0n) is 55.4. The van der Waals surface area contributed by atoms with Gasteiger partial charge < -0.3 is 50.5 Å². The predicted molar refractivity (Wildman–Crippen MR) is 353 cm³/mol. The van der Waals surface area contributed by atoms with Crippen molar-refractivity contribution in [1.82, 2.24) is 5.32 Å². The van der Waals surface area contributed by atoms with Crippen molar-refractivity contribution < 1.29 is 50.0 Å². The van der Waals surface area contributed by atoms with E-state index in [9.17, 15) is 40.5 Å². The molecule has 0 spiro atoms. The van der Waals surface area contributed by atoms with Crippen LogP contribution in [0.3, 0.4) is 0 Å². The first-order valence-electron chi connectivity index (χ1n) is 37.1. The number of aliphatic hydroxyl groups excluding tert-OH is 7. The van der Waals surface area contributed by atoms with E-state index in [1.165, 1.54) is 302 Å². The summed E-state index contributed by atoms with van der Waals surface area (Å²) in [6.07, 6.45) is 65.9. The van der Waals surface area contributed by atoms with E-state index in [0.717, 1.165) is 38.5 Å².